The summed E-state index contributed by atoms with van der Waals surface area (Å²) in [5.74, 6) is -0.325. The molecule has 16 heavy (non-hydrogen) atoms. The molecule has 0 saturated carbocycles. The van der Waals surface area contributed by atoms with Crippen LogP contribution in [0.3, 0.4) is 0 Å². The van der Waals surface area contributed by atoms with Crippen molar-refractivity contribution in [1.82, 2.24) is 9.97 Å². The van der Waals surface area contributed by atoms with E-state index < -0.39 is 11.2 Å². The smallest absolute Gasteiger partial charge is 0.320 e. The van der Waals surface area contributed by atoms with E-state index in [9.17, 15) is 14.4 Å². The van der Waals surface area contributed by atoms with Crippen LogP contribution in [0.4, 0.5) is 5.69 Å². The number of hydrogen-bond acceptors (Lipinski definition) is 3. The molecule has 1 aromatic heterocycles. The standard InChI is InChI=1S/C10H15N3O3/c1-3-6(4-2)8(14)12-7-5-11-10(16)13-9(7)15/h5-6H,3-4H2,1-2H3,(H,12,14)(H2,11,13,15,16). The number of H-pyrrole nitrogens is 2. The molecule has 6 heteroatoms. The maximum Gasteiger partial charge on any atom is 0.325 e. The molecule has 0 unspecified atom stereocenters. The van der Waals surface area contributed by atoms with Crippen molar-refractivity contribution in [1.29, 1.82) is 0 Å². The van der Waals surface area contributed by atoms with Gasteiger partial charge in [0.05, 0.1) is 0 Å². The summed E-state index contributed by atoms with van der Waals surface area (Å²) in [6.45, 7) is 3.82. The Hall–Kier alpha value is -1.85. The Kier molecular flexibility index (Phi) is 4.04. The SMILES string of the molecule is CCC(CC)C(=O)Nc1c[nH]c(=O)[nH]c1=O. The Morgan fingerprint density at radius 2 is 2.00 bits per heavy atom. The molecule has 0 atom stereocenters. The molecule has 0 aliphatic carbocycles. The third-order valence-electron chi connectivity index (χ3n) is 2.43. The molecule has 1 aromatic rings. The quantitative estimate of drug-likeness (QED) is 0.693. The first-order chi connectivity index (χ1) is 7.58. The van der Waals surface area contributed by atoms with Crippen molar-refractivity contribution in [3.8, 4) is 0 Å². The molecule has 0 radical (unpaired) electrons. The van der Waals surface area contributed by atoms with Gasteiger partial charge in [-0.05, 0) is 12.8 Å². The molecule has 0 aliphatic heterocycles. The normalized spacial score (nSPS) is 10.4. The van der Waals surface area contributed by atoms with E-state index >= 15 is 0 Å². The summed E-state index contributed by atoms with van der Waals surface area (Å²) in [6, 6.07) is 0. The van der Waals surface area contributed by atoms with E-state index in [1.807, 2.05) is 18.8 Å². The fraction of sp³-hybridized carbons (Fsp3) is 0.500. The zero-order valence-electron chi connectivity index (χ0n) is 9.29. The number of aromatic nitrogens is 2. The van der Waals surface area contributed by atoms with Crippen LogP contribution in [-0.2, 0) is 4.79 Å². The van der Waals surface area contributed by atoms with Gasteiger partial charge in [0.2, 0.25) is 5.91 Å². The van der Waals surface area contributed by atoms with Crippen LogP contribution in [0.15, 0.2) is 15.8 Å². The second-order valence-corrected chi connectivity index (χ2v) is 3.49. The lowest BCUT2D eigenvalue weighted by atomic mass is 10.0. The maximum atomic E-state index is 11.7. The van der Waals surface area contributed by atoms with Crippen molar-refractivity contribution in [3.05, 3.63) is 27.0 Å². The van der Waals surface area contributed by atoms with E-state index in [4.69, 9.17) is 0 Å². The molecular formula is C10H15N3O3. The van der Waals surface area contributed by atoms with E-state index in [0.717, 1.165) is 0 Å². The van der Waals surface area contributed by atoms with Gasteiger partial charge in [-0.2, -0.15) is 0 Å². The fourth-order valence-corrected chi connectivity index (χ4v) is 1.40. The first-order valence-electron chi connectivity index (χ1n) is 5.21. The fourth-order valence-electron chi connectivity index (χ4n) is 1.40. The van der Waals surface area contributed by atoms with Crippen molar-refractivity contribution in [2.24, 2.45) is 5.92 Å². The van der Waals surface area contributed by atoms with Gasteiger partial charge in [0, 0.05) is 12.1 Å². The minimum absolute atomic E-state index is 0.0662. The van der Waals surface area contributed by atoms with Gasteiger partial charge in [0.15, 0.2) is 0 Å². The Labute approximate surface area is 92.1 Å². The summed E-state index contributed by atoms with van der Waals surface area (Å²) in [7, 11) is 0. The van der Waals surface area contributed by atoms with Gasteiger partial charge in [-0.15, -0.1) is 0 Å². The monoisotopic (exact) mass is 225 g/mol. The van der Waals surface area contributed by atoms with Gasteiger partial charge in [-0.25, -0.2) is 4.79 Å². The number of rotatable bonds is 4. The van der Waals surface area contributed by atoms with E-state index in [1.165, 1.54) is 6.20 Å². The molecule has 0 saturated heterocycles. The summed E-state index contributed by atoms with van der Waals surface area (Å²) in [5.41, 5.74) is -1.12. The van der Waals surface area contributed by atoms with Gasteiger partial charge in [0.1, 0.15) is 5.69 Å². The largest absolute Gasteiger partial charge is 0.325 e. The highest BCUT2D eigenvalue weighted by Gasteiger charge is 2.15. The second kappa shape index (κ2) is 5.29. The summed E-state index contributed by atoms with van der Waals surface area (Å²) < 4.78 is 0. The molecule has 6 nitrogen and oxygen atoms in total. The minimum atomic E-state index is -0.594. The molecule has 0 fully saturated rings. The van der Waals surface area contributed by atoms with Gasteiger partial charge < -0.3 is 10.3 Å². The topological polar surface area (TPSA) is 94.8 Å². The molecule has 88 valence electrons. The van der Waals surface area contributed by atoms with Crippen molar-refractivity contribution in [2.45, 2.75) is 26.7 Å². The zero-order chi connectivity index (χ0) is 12.1. The molecular weight excluding hydrogens is 210 g/mol. The van der Waals surface area contributed by atoms with E-state index in [1.54, 1.807) is 0 Å². The highest BCUT2D eigenvalue weighted by Crippen LogP contribution is 2.09. The number of carbonyl (C=O) groups is 1. The van der Waals surface area contributed by atoms with Crippen LogP contribution in [-0.4, -0.2) is 15.9 Å². The van der Waals surface area contributed by atoms with Crippen LogP contribution in [0.1, 0.15) is 26.7 Å². The van der Waals surface area contributed by atoms with Crippen LogP contribution < -0.4 is 16.6 Å². The third-order valence-corrected chi connectivity index (χ3v) is 2.43. The Morgan fingerprint density at radius 1 is 1.38 bits per heavy atom. The first kappa shape index (κ1) is 12.2. The average Bonchev–Trinajstić information content (AvgIpc) is 2.24. The number of aromatic amines is 2. The van der Waals surface area contributed by atoms with Crippen molar-refractivity contribution in [2.75, 3.05) is 5.32 Å². The predicted molar refractivity (Wildman–Crippen MR) is 60.4 cm³/mol. The summed E-state index contributed by atoms with van der Waals surface area (Å²) in [6.07, 6.45) is 2.62. The van der Waals surface area contributed by atoms with Crippen LogP contribution in [0, 0.1) is 5.92 Å². The van der Waals surface area contributed by atoms with Crippen molar-refractivity contribution < 1.29 is 4.79 Å². The van der Waals surface area contributed by atoms with E-state index in [0.29, 0.717) is 12.8 Å². The lowest BCUT2D eigenvalue weighted by Crippen LogP contribution is -2.29. The highest BCUT2D eigenvalue weighted by molar-refractivity contribution is 5.92. The number of nitrogens with one attached hydrogen (secondary N) is 3. The highest BCUT2D eigenvalue weighted by atomic mass is 16.2. The van der Waals surface area contributed by atoms with Gasteiger partial charge in [0.25, 0.3) is 5.56 Å². The first-order valence-corrected chi connectivity index (χ1v) is 5.21. The lowest BCUT2D eigenvalue weighted by Gasteiger charge is -2.11. The number of amides is 1. The molecule has 0 aliphatic rings. The van der Waals surface area contributed by atoms with Gasteiger partial charge in [-0.1, -0.05) is 13.8 Å². The molecule has 3 N–H and O–H groups in total. The third kappa shape index (κ3) is 2.82. The van der Waals surface area contributed by atoms with E-state index in [2.05, 4.69) is 10.3 Å². The summed E-state index contributed by atoms with van der Waals surface area (Å²) >= 11 is 0. The molecule has 0 aromatic carbocycles. The predicted octanol–water partition coefficient (Wildman–Crippen LogP) is 0.438. The van der Waals surface area contributed by atoms with Crippen molar-refractivity contribution in [3.63, 3.8) is 0 Å². The lowest BCUT2D eigenvalue weighted by molar-refractivity contribution is -0.120. The zero-order valence-corrected chi connectivity index (χ0v) is 9.29. The second-order valence-electron chi connectivity index (χ2n) is 3.49. The molecule has 1 amide bonds. The number of hydrogen-bond donors (Lipinski definition) is 3. The molecule has 1 rings (SSSR count). The number of anilines is 1. The molecule has 0 bridgehead atoms. The van der Waals surface area contributed by atoms with Crippen LogP contribution in [0.5, 0.6) is 0 Å². The Balaban J connectivity index is 2.85. The Bertz CT molecular complexity index is 471. The van der Waals surface area contributed by atoms with Gasteiger partial charge >= 0.3 is 5.69 Å². The van der Waals surface area contributed by atoms with Crippen LogP contribution >= 0.6 is 0 Å². The van der Waals surface area contributed by atoms with Crippen molar-refractivity contribution >= 4 is 11.6 Å². The van der Waals surface area contributed by atoms with Crippen LogP contribution in [0.2, 0.25) is 0 Å². The van der Waals surface area contributed by atoms with Gasteiger partial charge in [-0.3, -0.25) is 14.6 Å². The minimum Gasteiger partial charge on any atom is -0.320 e. The van der Waals surface area contributed by atoms with E-state index in [-0.39, 0.29) is 17.5 Å². The Morgan fingerprint density at radius 3 is 2.50 bits per heavy atom. The van der Waals surface area contributed by atoms with Crippen LogP contribution in [0.25, 0.3) is 0 Å². The molecule has 0 spiro atoms. The number of carbonyl (C=O) groups excluding carboxylic acids is 1. The molecule has 1 heterocycles. The average molecular weight is 225 g/mol. The maximum absolute atomic E-state index is 11.7. The summed E-state index contributed by atoms with van der Waals surface area (Å²) in [4.78, 5) is 38.0. The summed E-state index contributed by atoms with van der Waals surface area (Å²) in [5, 5.41) is 2.49.